The molecule has 288 valence electrons. The van der Waals surface area contributed by atoms with Gasteiger partial charge in [-0.3, -0.25) is 14.2 Å². The highest BCUT2D eigenvalue weighted by Gasteiger charge is 2.67. The van der Waals surface area contributed by atoms with Crippen LogP contribution in [0.1, 0.15) is 72.6 Å². The molecule has 1 unspecified atom stereocenters. The lowest BCUT2D eigenvalue weighted by molar-refractivity contribution is -0.123. The highest BCUT2D eigenvalue weighted by Crippen LogP contribution is 2.68. The molecule has 0 radical (unpaired) electrons. The largest absolute Gasteiger partial charge is 0.378 e. The van der Waals surface area contributed by atoms with Crippen LogP contribution in [-0.2, 0) is 33.7 Å². The van der Waals surface area contributed by atoms with E-state index in [4.69, 9.17) is 11.6 Å². The van der Waals surface area contributed by atoms with E-state index in [-0.39, 0.29) is 63.2 Å². The van der Waals surface area contributed by atoms with Crippen LogP contribution in [-0.4, -0.2) is 60.7 Å². The lowest BCUT2D eigenvalue weighted by Gasteiger charge is -2.23. The number of nitrogens with one attached hydrogen (secondary N) is 2. The number of fused-ring (bicyclic) bond motifs is 4. The van der Waals surface area contributed by atoms with Crippen molar-refractivity contribution < 1.29 is 44.7 Å². The Balaban J connectivity index is 1.37. The second-order valence-electron chi connectivity index (χ2n) is 13.8. The number of anilines is 1. The quantitative estimate of drug-likeness (QED) is 0.0928. The summed E-state index contributed by atoms with van der Waals surface area (Å²) in [5, 5.41) is 24.6. The third-order valence-electron chi connectivity index (χ3n) is 8.98. The van der Waals surface area contributed by atoms with E-state index in [0.717, 1.165) is 18.4 Å². The monoisotopic (exact) mass is 806 g/mol. The Morgan fingerprint density at radius 2 is 1.78 bits per heavy atom. The third kappa shape index (κ3) is 7.58. The van der Waals surface area contributed by atoms with Gasteiger partial charge in [0, 0.05) is 28.7 Å². The first-order valence-corrected chi connectivity index (χ1v) is 18.8. The molecule has 1 aromatic carbocycles. The molecule has 20 heteroatoms. The number of aliphatic hydroxyl groups is 1. The predicted octanol–water partition coefficient (Wildman–Crippen LogP) is 5.66. The summed E-state index contributed by atoms with van der Waals surface area (Å²) in [5.41, 5.74) is -2.84. The molecule has 4 heterocycles. The molecule has 7 rings (SSSR count). The predicted molar refractivity (Wildman–Crippen MR) is 186 cm³/mol. The molecular formula is C35H29ClF6N8O4S. The SMILES string of the molecule is CC(C)(O)C#Cc1ccc(-c2ccc(Cl)n3c(NS(C)(=O)=O)nnc23)c(C(Cc2cc(F)cc(F)c2)NC(=O)Cn2nc(C(F)F)c3c2C(F)(F)[C@@H]2C[C@H]32)n1. The average Bonchev–Trinajstić information content (AvgIpc) is 3.54. The molecule has 3 atom stereocenters. The van der Waals surface area contributed by atoms with Gasteiger partial charge >= 0.3 is 0 Å². The van der Waals surface area contributed by atoms with Gasteiger partial charge in [0.1, 0.15) is 46.0 Å². The van der Waals surface area contributed by atoms with E-state index in [1.54, 1.807) is 0 Å². The van der Waals surface area contributed by atoms with Gasteiger partial charge in [-0.15, -0.1) is 10.2 Å². The topological polar surface area (TPSA) is 156 Å². The van der Waals surface area contributed by atoms with Crippen molar-refractivity contribution in [2.45, 2.75) is 63.1 Å². The van der Waals surface area contributed by atoms with E-state index in [2.05, 4.69) is 42.2 Å². The Bertz CT molecular complexity index is 2540. The Morgan fingerprint density at radius 3 is 2.44 bits per heavy atom. The van der Waals surface area contributed by atoms with Crippen LogP contribution in [0.5, 0.6) is 0 Å². The normalized spacial score (nSPS) is 17.7. The van der Waals surface area contributed by atoms with E-state index < -0.39 is 81.3 Å². The molecule has 0 saturated heterocycles. The number of amides is 1. The molecule has 2 aliphatic carbocycles. The van der Waals surface area contributed by atoms with Gasteiger partial charge in [0.05, 0.1) is 18.0 Å². The van der Waals surface area contributed by atoms with Gasteiger partial charge in [-0.2, -0.15) is 13.9 Å². The number of pyridine rings is 2. The van der Waals surface area contributed by atoms with Crippen molar-refractivity contribution in [3.8, 4) is 23.0 Å². The van der Waals surface area contributed by atoms with E-state index in [1.165, 1.54) is 42.5 Å². The van der Waals surface area contributed by atoms with Gasteiger partial charge in [0.25, 0.3) is 12.3 Å². The van der Waals surface area contributed by atoms with Crippen LogP contribution in [0.15, 0.2) is 42.5 Å². The van der Waals surface area contributed by atoms with Crippen molar-refractivity contribution in [2.75, 3.05) is 11.0 Å². The number of carbonyl (C=O) groups excluding carboxylic acids is 1. The number of sulfonamides is 1. The fourth-order valence-electron chi connectivity index (χ4n) is 6.79. The van der Waals surface area contributed by atoms with Gasteiger partial charge in [-0.25, -0.2) is 35.4 Å². The van der Waals surface area contributed by atoms with Crippen molar-refractivity contribution >= 4 is 39.1 Å². The Kier molecular flexibility index (Phi) is 9.37. The average molecular weight is 807 g/mol. The van der Waals surface area contributed by atoms with Crippen molar-refractivity contribution in [3.63, 3.8) is 0 Å². The maximum absolute atomic E-state index is 15.3. The van der Waals surface area contributed by atoms with Crippen LogP contribution in [0.2, 0.25) is 5.15 Å². The zero-order valence-corrected chi connectivity index (χ0v) is 30.5. The third-order valence-corrected chi connectivity index (χ3v) is 9.83. The zero-order chi connectivity index (χ0) is 39.8. The standard InChI is InChI=1S/C35H29ClF6N8O4S/c1-34(2,52)9-8-19-4-5-20(21-6-7-25(36)50-32(21)45-46-33(50)48-55(3,53)54)28(43-19)24(12-16-10-17(37)13-18(38)11-16)44-26(51)15-49-30-27(29(47-49)31(39)40)22-14-23(22)35(30,41)42/h4-7,10-11,13,22-24,31,52H,12,14-15H2,1-3H3,(H,44,51)(H,46,48)/t22-,23+,24?/m0/s1. The lowest BCUT2D eigenvalue weighted by Crippen LogP contribution is -2.35. The van der Waals surface area contributed by atoms with Gasteiger partial charge in [0.2, 0.25) is 21.9 Å². The summed E-state index contributed by atoms with van der Waals surface area (Å²) in [4.78, 5) is 18.5. The Morgan fingerprint density at radius 1 is 1.09 bits per heavy atom. The molecule has 3 N–H and O–H groups in total. The molecule has 4 aromatic heterocycles. The van der Waals surface area contributed by atoms with Crippen molar-refractivity contribution in [2.24, 2.45) is 5.92 Å². The number of rotatable bonds is 10. The summed E-state index contributed by atoms with van der Waals surface area (Å²) < 4.78 is 116. The first-order valence-electron chi connectivity index (χ1n) is 16.5. The number of hydrogen-bond donors (Lipinski definition) is 3. The maximum Gasteiger partial charge on any atom is 0.293 e. The minimum absolute atomic E-state index is 0.00586. The van der Waals surface area contributed by atoms with Crippen LogP contribution >= 0.6 is 11.6 Å². The van der Waals surface area contributed by atoms with Crippen LogP contribution < -0.4 is 10.0 Å². The summed E-state index contributed by atoms with van der Waals surface area (Å²) in [7, 11) is -3.86. The number of halogens is 7. The molecule has 1 fully saturated rings. The van der Waals surface area contributed by atoms with Crippen LogP contribution in [0.25, 0.3) is 16.8 Å². The molecule has 0 bridgehead atoms. The summed E-state index contributed by atoms with van der Waals surface area (Å²) >= 11 is 6.43. The Labute approximate surface area is 314 Å². The van der Waals surface area contributed by atoms with E-state index >= 15 is 8.78 Å². The first-order chi connectivity index (χ1) is 25.7. The minimum atomic E-state index is -3.86. The number of hydrogen-bond acceptors (Lipinski definition) is 8. The van der Waals surface area contributed by atoms with E-state index in [1.807, 2.05) is 0 Å². The highest BCUT2D eigenvalue weighted by atomic mass is 35.5. The molecule has 12 nitrogen and oxygen atoms in total. The second kappa shape index (κ2) is 13.5. The summed E-state index contributed by atoms with van der Waals surface area (Å²) in [6.07, 6.45) is -2.63. The summed E-state index contributed by atoms with van der Waals surface area (Å²) in [6, 6.07) is 7.15. The fraction of sp³-hybridized carbons (Fsp3) is 0.343. The van der Waals surface area contributed by atoms with Gasteiger partial charge in [-0.1, -0.05) is 17.5 Å². The van der Waals surface area contributed by atoms with E-state index in [0.29, 0.717) is 10.7 Å². The number of aromatic nitrogens is 6. The molecule has 5 aromatic rings. The van der Waals surface area contributed by atoms with Crippen LogP contribution in [0.4, 0.5) is 32.3 Å². The van der Waals surface area contributed by atoms with E-state index in [9.17, 15) is 35.9 Å². The molecule has 1 saturated carbocycles. The molecule has 55 heavy (non-hydrogen) atoms. The summed E-state index contributed by atoms with van der Waals surface area (Å²) in [6.45, 7) is 1.92. The van der Waals surface area contributed by atoms with Crippen molar-refractivity contribution in [3.05, 3.63) is 93.2 Å². The van der Waals surface area contributed by atoms with Gasteiger partial charge < -0.3 is 10.4 Å². The smallest absolute Gasteiger partial charge is 0.293 e. The Hall–Kier alpha value is -5.19. The molecule has 0 spiro atoms. The fourth-order valence-corrected chi connectivity index (χ4v) is 7.48. The number of alkyl halides is 4. The molecule has 2 aliphatic rings. The maximum atomic E-state index is 15.3. The second-order valence-corrected chi connectivity index (χ2v) is 16.0. The number of carbonyl (C=O) groups is 1. The zero-order valence-electron chi connectivity index (χ0n) is 28.9. The number of benzene rings is 1. The van der Waals surface area contributed by atoms with Crippen LogP contribution in [0, 0.1) is 29.4 Å². The molecule has 1 amide bonds. The van der Waals surface area contributed by atoms with Crippen molar-refractivity contribution in [1.29, 1.82) is 0 Å². The van der Waals surface area contributed by atoms with Gasteiger partial charge in [-0.05, 0) is 80.5 Å². The lowest BCUT2D eigenvalue weighted by atomic mass is 9.95. The van der Waals surface area contributed by atoms with Gasteiger partial charge in [0.15, 0.2) is 5.65 Å². The highest BCUT2D eigenvalue weighted by molar-refractivity contribution is 7.92. The van der Waals surface area contributed by atoms with Crippen LogP contribution in [0.3, 0.4) is 0 Å². The summed E-state index contributed by atoms with van der Waals surface area (Å²) in [5.74, 6) is -3.30. The molecule has 0 aliphatic heterocycles. The first kappa shape index (κ1) is 38.1. The van der Waals surface area contributed by atoms with Crippen molar-refractivity contribution in [1.82, 2.24) is 34.7 Å². The minimum Gasteiger partial charge on any atom is -0.378 e. The molecular weight excluding hydrogens is 778 g/mol. The number of nitrogens with zero attached hydrogens (tertiary/aromatic N) is 6.